The summed E-state index contributed by atoms with van der Waals surface area (Å²) >= 11 is 0. The van der Waals surface area contributed by atoms with Crippen LogP contribution in [0.2, 0.25) is 0 Å². The molecule has 1 aromatic heterocycles. The Morgan fingerprint density at radius 3 is 2.84 bits per heavy atom. The van der Waals surface area contributed by atoms with Gasteiger partial charge in [0.25, 0.3) is 5.56 Å². The van der Waals surface area contributed by atoms with Crippen LogP contribution in [-0.4, -0.2) is 24.2 Å². The van der Waals surface area contributed by atoms with Crippen molar-refractivity contribution >= 4 is 22.6 Å². The lowest BCUT2D eigenvalue weighted by Crippen LogP contribution is -2.28. The van der Waals surface area contributed by atoms with Gasteiger partial charge in [0.05, 0.1) is 7.11 Å². The van der Waals surface area contributed by atoms with Crippen LogP contribution in [-0.2, 0) is 16.0 Å². The van der Waals surface area contributed by atoms with Crippen LogP contribution in [0.25, 0.3) is 10.8 Å². The van der Waals surface area contributed by atoms with Gasteiger partial charge in [-0.05, 0) is 34.4 Å². The Bertz CT molecular complexity index is 1020. The van der Waals surface area contributed by atoms with Gasteiger partial charge in [-0.3, -0.25) is 9.36 Å². The molecule has 126 valence electrons. The molecule has 0 bridgehead atoms. The van der Waals surface area contributed by atoms with Crippen molar-refractivity contribution in [3.05, 3.63) is 76.1 Å². The highest BCUT2D eigenvalue weighted by Gasteiger charge is 2.30. The van der Waals surface area contributed by atoms with Crippen LogP contribution in [0.3, 0.4) is 0 Å². The molecule has 0 saturated heterocycles. The molecule has 5 nitrogen and oxygen atoms in total. The van der Waals surface area contributed by atoms with Gasteiger partial charge in [0.15, 0.2) is 6.04 Å². The first-order valence-electron chi connectivity index (χ1n) is 8.21. The van der Waals surface area contributed by atoms with Gasteiger partial charge in [-0.15, -0.1) is 0 Å². The van der Waals surface area contributed by atoms with Gasteiger partial charge in [0, 0.05) is 12.6 Å². The second-order valence-electron chi connectivity index (χ2n) is 6.19. The maximum absolute atomic E-state index is 12.5. The van der Waals surface area contributed by atoms with E-state index in [2.05, 4.69) is 29.6 Å². The molecular formula is C20H18N2O3. The molecular weight excluding hydrogens is 316 g/mol. The molecule has 4 rings (SSSR count). The number of aromatic nitrogens is 1. The molecule has 2 heterocycles. The van der Waals surface area contributed by atoms with E-state index in [4.69, 9.17) is 4.74 Å². The molecule has 0 saturated carbocycles. The van der Waals surface area contributed by atoms with E-state index in [1.165, 1.54) is 28.0 Å². The molecule has 3 aromatic rings. The van der Waals surface area contributed by atoms with Crippen molar-refractivity contribution in [2.75, 3.05) is 19.0 Å². The Morgan fingerprint density at radius 2 is 2.00 bits per heavy atom. The standard InChI is InChI=1S/C20H18N2O3/c1-25-20(24)17-12-21-18-10-13(11-19(23)22(17)18)9-15-7-4-6-14-5-2-3-8-16(14)15/h2-8,10-11,17,21H,9,12H2,1H3/t17-/m0/s1. The number of anilines is 1. The van der Waals surface area contributed by atoms with E-state index in [0.717, 1.165) is 5.56 Å². The number of rotatable bonds is 3. The van der Waals surface area contributed by atoms with Gasteiger partial charge < -0.3 is 10.1 Å². The molecule has 0 aliphatic carbocycles. The largest absolute Gasteiger partial charge is 0.467 e. The fraction of sp³-hybridized carbons (Fsp3) is 0.200. The second kappa shape index (κ2) is 6.09. The van der Waals surface area contributed by atoms with Crippen molar-refractivity contribution in [1.29, 1.82) is 0 Å². The Morgan fingerprint density at radius 1 is 1.20 bits per heavy atom. The fourth-order valence-corrected chi connectivity index (χ4v) is 3.48. The van der Waals surface area contributed by atoms with Crippen LogP contribution in [0.4, 0.5) is 5.82 Å². The van der Waals surface area contributed by atoms with Gasteiger partial charge in [0.2, 0.25) is 0 Å². The lowest BCUT2D eigenvalue weighted by Gasteiger charge is -2.12. The molecule has 0 radical (unpaired) electrons. The molecule has 0 fully saturated rings. The smallest absolute Gasteiger partial charge is 0.330 e. The van der Waals surface area contributed by atoms with Crippen LogP contribution < -0.4 is 10.9 Å². The third kappa shape index (κ3) is 2.67. The van der Waals surface area contributed by atoms with Crippen molar-refractivity contribution in [1.82, 2.24) is 4.57 Å². The monoisotopic (exact) mass is 334 g/mol. The molecule has 0 amide bonds. The van der Waals surface area contributed by atoms with E-state index in [0.29, 0.717) is 18.8 Å². The molecule has 0 unspecified atom stereocenters. The van der Waals surface area contributed by atoms with Gasteiger partial charge >= 0.3 is 5.97 Å². The number of nitrogens with zero attached hydrogens (tertiary/aromatic N) is 1. The third-order valence-corrected chi connectivity index (χ3v) is 4.66. The summed E-state index contributed by atoms with van der Waals surface area (Å²) in [6.07, 6.45) is 0.662. The van der Waals surface area contributed by atoms with E-state index in [1.54, 1.807) is 6.07 Å². The first-order valence-corrected chi connectivity index (χ1v) is 8.21. The van der Waals surface area contributed by atoms with Gasteiger partial charge in [-0.2, -0.15) is 0 Å². The molecule has 1 N–H and O–H groups in total. The summed E-state index contributed by atoms with van der Waals surface area (Å²) in [4.78, 5) is 24.4. The summed E-state index contributed by atoms with van der Waals surface area (Å²) in [5.41, 5.74) is 1.91. The fourth-order valence-electron chi connectivity index (χ4n) is 3.48. The third-order valence-electron chi connectivity index (χ3n) is 4.66. The van der Waals surface area contributed by atoms with Gasteiger partial charge in [-0.1, -0.05) is 42.5 Å². The lowest BCUT2D eigenvalue weighted by atomic mass is 9.99. The number of carbonyl (C=O) groups is 1. The zero-order chi connectivity index (χ0) is 17.4. The van der Waals surface area contributed by atoms with Crippen LogP contribution >= 0.6 is 0 Å². The number of fused-ring (bicyclic) bond motifs is 2. The summed E-state index contributed by atoms with van der Waals surface area (Å²) in [6, 6.07) is 17.4. The number of carbonyl (C=O) groups excluding carboxylic acids is 1. The van der Waals surface area contributed by atoms with Gasteiger partial charge in [0.1, 0.15) is 5.82 Å². The summed E-state index contributed by atoms with van der Waals surface area (Å²) < 4.78 is 6.25. The number of hydrogen-bond donors (Lipinski definition) is 1. The Kier molecular flexibility index (Phi) is 3.76. The second-order valence-corrected chi connectivity index (χ2v) is 6.19. The average Bonchev–Trinajstić information content (AvgIpc) is 3.06. The highest BCUT2D eigenvalue weighted by Crippen LogP contribution is 2.25. The van der Waals surface area contributed by atoms with Crippen LogP contribution in [0.1, 0.15) is 17.2 Å². The minimum atomic E-state index is -0.598. The highest BCUT2D eigenvalue weighted by molar-refractivity contribution is 5.86. The lowest BCUT2D eigenvalue weighted by molar-refractivity contribution is -0.143. The number of hydrogen-bond acceptors (Lipinski definition) is 4. The van der Waals surface area contributed by atoms with E-state index in [9.17, 15) is 9.59 Å². The topological polar surface area (TPSA) is 60.3 Å². The van der Waals surface area contributed by atoms with E-state index >= 15 is 0 Å². The summed E-state index contributed by atoms with van der Waals surface area (Å²) in [6.45, 7) is 0.375. The molecule has 1 atom stereocenters. The number of methoxy groups -OCH3 is 1. The first-order chi connectivity index (χ1) is 12.2. The van der Waals surface area contributed by atoms with Crippen molar-refractivity contribution in [3.63, 3.8) is 0 Å². The Labute approximate surface area is 144 Å². The molecule has 2 aromatic carbocycles. The zero-order valence-electron chi connectivity index (χ0n) is 13.9. The van der Waals surface area contributed by atoms with Crippen LogP contribution in [0.15, 0.2) is 59.4 Å². The average molecular weight is 334 g/mol. The minimum Gasteiger partial charge on any atom is -0.467 e. The summed E-state index contributed by atoms with van der Waals surface area (Å²) in [5, 5.41) is 5.50. The quantitative estimate of drug-likeness (QED) is 0.748. The SMILES string of the molecule is COC(=O)[C@@H]1CNc2cc(Cc3cccc4ccccc34)cc(=O)n21. The van der Waals surface area contributed by atoms with E-state index in [-0.39, 0.29) is 5.56 Å². The van der Waals surface area contributed by atoms with Crippen molar-refractivity contribution in [2.24, 2.45) is 0 Å². The van der Waals surface area contributed by atoms with Crippen LogP contribution in [0, 0.1) is 0 Å². The molecule has 1 aliphatic rings. The molecule has 1 aliphatic heterocycles. The predicted molar refractivity (Wildman–Crippen MR) is 97.0 cm³/mol. The number of ether oxygens (including phenoxy) is 1. The normalized spacial score (nSPS) is 15.6. The first kappa shape index (κ1) is 15.4. The van der Waals surface area contributed by atoms with Crippen molar-refractivity contribution < 1.29 is 9.53 Å². The Hall–Kier alpha value is -3.08. The van der Waals surface area contributed by atoms with E-state index < -0.39 is 12.0 Å². The Balaban J connectivity index is 1.72. The summed E-state index contributed by atoms with van der Waals surface area (Å²) in [7, 11) is 1.33. The number of nitrogens with one attached hydrogen (secondary N) is 1. The number of pyridine rings is 1. The number of benzene rings is 2. The number of esters is 1. The van der Waals surface area contributed by atoms with E-state index in [1.807, 2.05) is 24.3 Å². The van der Waals surface area contributed by atoms with Crippen molar-refractivity contribution in [2.45, 2.75) is 12.5 Å². The van der Waals surface area contributed by atoms with Crippen LogP contribution in [0.5, 0.6) is 0 Å². The highest BCUT2D eigenvalue weighted by atomic mass is 16.5. The minimum absolute atomic E-state index is 0.187. The van der Waals surface area contributed by atoms with Crippen molar-refractivity contribution in [3.8, 4) is 0 Å². The maximum Gasteiger partial charge on any atom is 0.330 e. The molecule has 25 heavy (non-hydrogen) atoms. The zero-order valence-corrected chi connectivity index (χ0v) is 13.9. The molecule has 5 heteroatoms. The maximum atomic E-state index is 12.5. The molecule has 0 spiro atoms. The predicted octanol–water partition coefficient (Wildman–Crippen LogP) is 2.73. The summed E-state index contributed by atoms with van der Waals surface area (Å²) in [5.74, 6) is 0.258. The van der Waals surface area contributed by atoms with Gasteiger partial charge in [-0.25, -0.2) is 4.79 Å².